The van der Waals surface area contributed by atoms with Gasteiger partial charge in [-0.1, -0.05) is 73.3 Å². The average Bonchev–Trinajstić information content (AvgIpc) is 1.78. The summed E-state index contributed by atoms with van der Waals surface area (Å²) in [6, 6.07) is 17.4. The minimum Gasteiger partial charge on any atom is -0.461 e. The van der Waals surface area contributed by atoms with Gasteiger partial charge in [0.2, 0.25) is 11.8 Å². The Balaban J connectivity index is 0.799. The van der Waals surface area contributed by atoms with E-state index in [0.717, 1.165) is 44.2 Å². The van der Waals surface area contributed by atoms with Crippen LogP contribution < -0.4 is 19.3 Å². The van der Waals surface area contributed by atoms with Gasteiger partial charge in [-0.15, -0.1) is 0 Å². The van der Waals surface area contributed by atoms with E-state index < -0.39 is 41.0 Å². The number of benzene rings is 4. The fraction of sp³-hybridized carbons (Fsp3) is 0.397. The number of nitriles is 1. The van der Waals surface area contributed by atoms with Crippen LogP contribution >= 0.6 is 11.6 Å². The van der Waals surface area contributed by atoms with Crippen LogP contribution in [0.25, 0.3) is 65.9 Å². The molecule has 5 atom stereocenters. The molecule has 8 aromatic rings. The number of nitrogens with zero attached hydrogens (tertiary/aromatic N) is 13. The number of halogens is 6. The van der Waals surface area contributed by atoms with Crippen LogP contribution in [0.3, 0.4) is 0 Å². The smallest absolute Gasteiger partial charge is 0.319 e. The van der Waals surface area contributed by atoms with Gasteiger partial charge in [0.05, 0.1) is 34.3 Å². The molecule has 4 aromatic carbocycles. The molecule has 0 spiro atoms. The van der Waals surface area contributed by atoms with Crippen molar-refractivity contribution in [3.05, 3.63) is 132 Å². The van der Waals surface area contributed by atoms with Crippen LogP contribution in [-0.2, 0) is 9.59 Å². The van der Waals surface area contributed by atoms with Gasteiger partial charge in [0.1, 0.15) is 53.4 Å². The highest BCUT2D eigenvalue weighted by Crippen LogP contribution is 2.52. The van der Waals surface area contributed by atoms with E-state index in [1.165, 1.54) is 36.7 Å². The minimum atomic E-state index is -1.39. The number of hydrogen-bond donors (Lipinski definition) is 0. The number of anilines is 2. The van der Waals surface area contributed by atoms with Crippen LogP contribution in [0.5, 0.6) is 12.0 Å². The molecule has 14 rings (SSSR count). The van der Waals surface area contributed by atoms with Crippen LogP contribution in [0.4, 0.5) is 33.6 Å². The van der Waals surface area contributed by atoms with Crippen LogP contribution in [-0.4, -0.2) is 163 Å². The lowest BCUT2D eigenvalue weighted by Gasteiger charge is -2.35. The molecule has 6 fully saturated rings. The Hall–Kier alpha value is -8.65. The number of likely N-dealkylation sites (N-methyl/N-ethyl adjacent to an activating group) is 1. The van der Waals surface area contributed by atoms with Crippen molar-refractivity contribution in [2.24, 2.45) is 0 Å². The molecule has 17 nitrogen and oxygen atoms in total. The summed E-state index contributed by atoms with van der Waals surface area (Å²) in [6.45, 7) is 10.8. The molecule has 468 valence electrons. The molecular formula is C68H65ClF5N13O4. The molecule has 10 heterocycles. The zero-order valence-electron chi connectivity index (χ0n) is 50.2. The summed E-state index contributed by atoms with van der Waals surface area (Å²) in [6.07, 6.45) is 9.66. The minimum absolute atomic E-state index is 0.0208. The number of carbonyl (C=O) groups excluding carboxylic acids is 2. The first-order valence-electron chi connectivity index (χ1n) is 31.0. The predicted octanol–water partition coefficient (Wildman–Crippen LogP) is 11.6. The monoisotopic (exact) mass is 1260 g/mol. The first-order valence-corrected chi connectivity index (χ1v) is 31.4. The third-order valence-corrected chi connectivity index (χ3v) is 20.4. The van der Waals surface area contributed by atoms with Crippen molar-refractivity contribution in [1.29, 1.82) is 5.26 Å². The lowest BCUT2D eigenvalue weighted by molar-refractivity contribution is -0.125. The molecule has 6 aliphatic heterocycles. The Morgan fingerprint density at radius 3 is 1.95 bits per heavy atom. The highest BCUT2D eigenvalue weighted by molar-refractivity contribution is 6.36. The van der Waals surface area contributed by atoms with Gasteiger partial charge in [0.25, 0.3) is 0 Å². The molecule has 0 aliphatic carbocycles. The van der Waals surface area contributed by atoms with Crippen molar-refractivity contribution in [3.8, 4) is 40.6 Å². The molecule has 0 saturated carbocycles. The molecule has 2 amide bonds. The topological polar surface area (TPSA) is 173 Å². The molecule has 0 N–H and O–H groups in total. The fourth-order valence-corrected chi connectivity index (χ4v) is 15.8. The van der Waals surface area contributed by atoms with E-state index >= 15 is 22.0 Å². The third kappa shape index (κ3) is 10.4. The SMILES string of the molecule is C=CC(=O)N1CC[C@@H](N(C)c2nc(OCC34CCCN3CCC4)nc3c(F)c(-c4cccc5cc(C6CC[C@@]7(COc8nc(N(CCC#N)[C@@H]9CCN(C(=O)C=C)C9)c9cnc(-c%10cccc%11cccc(Cl)c%10%11)c(F)c9n8)C[C@@H](F)CN67)c(F)c(F)c45)ncc23)C1. The Kier molecular flexibility index (Phi) is 15.7. The van der Waals surface area contributed by atoms with Crippen LogP contribution in [0, 0.1) is 34.6 Å². The van der Waals surface area contributed by atoms with Gasteiger partial charge in [0.15, 0.2) is 23.3 Å². The van der Waals surface area contributed by atoms with Crippen molar-refractivity contribution in [2.75, 3.05) is 82.4 Å². The Morgan fingerprint density at radius 2 is 1.30 bits per heavy atom. The third-order valence-electron chi connectivity index (χ3n) is 20.1. The molecular weight excluding hydrogens is 1190 g/mol. The number of likely N-dealkylation sites (tertiary alicyclic amines) is 2. The predicted molar refractivity (Wildman–Crippen MR) is 336 cm³/mol. The Morgan fingerprint density at radius 1 is 0.714 bits per heavy atom. The molecule has 6 aliphatic rings. The number of hydrogen-bond acceptors (Lipinski definition) is 15. The summed E-state index contributed by atoms with van der Waals surface area (Å²) in [5.41, 5.74) is -1.50. The van der Waals surface area contributed by atoms with Crippen molar-refractivity contribution < 1.29 is 41.0 Å². The quantitative estimate of drug-likeness (QED) is 0.0622. The molecule has 1 unspecified atom stereocenters. The van der Waals surface area contributed by atoms with Crippen LogP contribution in [0.1, 0.15) is 75.8 Å². The number of ether oxygens (including phenoxy) is 2. The summed E-state index contributed by atoms with van der Waals surface area (Å²) in [5.74, 6) is -4.04. The Bertz CT molecular complexity index is 4330. The van der Waals surface area contributed by atoms with Gasteiger partial charge < -0.3 is 29.1 Å². The molecule has 0 bridgehead atoms. The van der Waals surface area contributed by atoms with E-state index in [2.05, 4.69) is 39.1 Å². The fourth-order valence-electron chi connectivity index (χ4n) is 15.6. The molecule has 23 heteroatoms. The van der Waals surface area contributed by atoms with Crippen LogP contribution in [0.15, 0.2) is 98.4 Å². The standard InChI is InChI=1S/C68H65ClF5N13O4/c1-4-51(88)83-28-19-42(35-83)82(3)63-47-32-76-60(58(74)61(47)78-65(80-63)90-37-67-21-9-25-85(67)26-10-22-67)45-16-7-14-40-30-46(55(71)56(72)54(40)45)50-18-23-68(31-41(70)34-87(50)68)38-91-66-79-62-48(64(81-66)86(27-11-24-75)43-20-29-84(36-43)52(89)5-2)33-77-59(57(62)73)44-15-6-12-39-13-8-17-49(69)53(39)44/h4-8,12-17,30,32-33,41-43,50H,1-2,9-11,18-23,25-29,31,34-38H2,3H3/t41-,42-,43-,50?,68+/m1/s1. The summed E-state index contributed by atoms with van der Waals surface area (Å²) in [4.78, 5) is 65.2. The summed E-state index contributed by atoms with van der Waals surface area (Å²) < 4.78 is 99.2. The van der Waals surface area contributed by atoms with Crippen molar-refractivity contribution >= 4 is 78.4 Å². The maximum absolute atomic E-state index is 17.7. The largest absolute Gasteiger partial charge is 0.461 e. The second kappa shape index (κ2) is 23.9. The van der Waals surface area contributed by atoms with Crippen molar-refractivity contribution in [2.45, 2.75) is 99.6 Å². The second-order valence-corrected chi connectivity index (χ2v) is 25.4. The summed E-state index contributed by atoms with van der Waals surface area (Å²) in [7, 11) is 1.82. The van der Waals surface area contributed by atoms with Gasteiger partial charge in [-0.25, -0.2) is 22.0 Å². The van der Waals surface area contributed by atoms with Crippen molar-refractivity contribution in [1.82, 2.24) is 49.5 Å². The highest BCUT2D eigenvalue weighted by Gasteiger charge is 2.55. The van der Waals surface area contributed by atoms with E-state index in [9.17, 15) is 14.9 Å². The van der Waals surface area contributed by atoms with E-state index in [4.69, 9.17) is 36.0 Å². The van der Waals surface area contributed by atoms with Gasteiger partial charge in [0, 0.05) is 116 Å². The molecule has 91 heavy (non-hydrogen) atoms. The first kappa shape index (κ1) is 59.9. The second-order valence-electron chi connectivity index (χ2n) is 25.0. The van der Waals surface area contributed by atoms with E-state index in [-0.39, 0.29) is 154 Å². The maximum atomic E-state index is 17.7. The number of carbonyl (C=O) groups is 2. The summed E-state index contributed by atoms with van der Waals surface area (Å²) >= 11 is 6.75. The highest BCUT2D eigenvalue weighted by atomic mass is 35.5. The number of fused-ring (bicyclic) bond motifs is 6. The zero-order chi connectivity index (χ0) is 63.0. The van der Waals surface area contributed by atoms with Crippen LogP contribution in [0.2, 0.25) is 5.02 Å². The molecule has 4 aromatic heterocycles. The number of aromatic nitrogens is 6. The average molecular weight is 1260 g/mol. The van der Waals surface area contributed by atoms with E-state index in [1.807, 2.05) is 29.0 Å². The normalized spacial score (nSPS) is 22.1. The number of pyridine rings is 2. The molecule has 0 radical (unpaired) electrons. The Labute approximate surface area is 526 Å². The van der Waals surface area contributed by atoms with E-state index in [0.29, 0.717) is 60.9 Å². The lowest BCUT2D eigenvalue weighted by Crippen LogP contribution is -2.44. The van der Waals surface area contributed by atoms with Crippen molar-refractivity contribution in [3.63, 3.8) is 0 Å². The van der Waals surface area contributed by atoms with Gasteiger partial charge >= 0.3 is 12.0 Å². The van der Waals surface area contributed by atoms with E-state index in [1.54, 1.807) is 51.1 Å². The van der Waals surface area contributed by atoms with Gasteiger partial charge in [-0.05, 0) is 99.5 Å². The zero-order valence-corrected chi connectivity index (χ0v) is 50.9. The van der Waals surface area contributed by atoms with Gasteiger partial charge in [-0.2, -0.15) is 25.2 Å². The molecule has 6 saturated heterocycles. The number of rotatable bonds is 17. The maximum Gasteiger partial charge on any atom is 0.319 e. The lowest BCUT2D eigenvalue weighted by atomic mass is 9.93. The number of amides is 2. The number of alkyl halides is 1. The first-order chi connectivity index (χ1) is 44.1. The van der Waals surface area contributed by atoms with Gasteiger partial charge in [-0.3, -0.25) is 29.4 Å². The summed E-state index contributed by atoms with van der Waals surface area (Å²) in [5, 5.41) is 12.1.